The van der Waals surface area contributed by atoms with Crippen LogP contribution in [-0.4, -0.2) is 21.1 Å². The monoisotopic (exact) mass is 195 g/mol. The van der Waals surface area contributed by atoms with Gasteiger partial charge in [-0.15, -0.1) is 0 Å². The van der Waals surface area contributed by atoms with Crippen LogP contribution in [0.15, 0.2) is 12.4 Å². The maximum Gasteiger partial charge on any atom is 0.139 e. The zero-order chi connectivity index (χ0) is 10.8. The van der Waals surface area contributed by atoms with Gasteiger partial charge >= 0.3 is 0 Å². The Morgan fingerprint density at radius 2 is 2.29 bits per heavy atom. The lowest BCUT2D eigenvalue weighted by Crippen LogP contribution is -2.35. The van der Waals surface area contributed by atoms with Crippen LogP contribution in [0, 0.1) is 0 Å². The molecule has 2 N–H and O–H groups in total. The van der Waals surface area contributed by atoms with Gasteiger partial charge in [0, 0.05) is 31.6 Å². The van der Waals surface area contributed by atoms with Crippen LogP contribution in [0.4, 0.5) is 0 Å². The van der Waals surface area contributed by atoms with Crippen molar-refractivity contribution in [2.45, 2.75) is 32.2 Å². The van der Waals surface area contributed by atoms with E-state index in [2.05, 4.69) is 5.10 Å². The summed E-state index contributed by atoms with van der Waals surface area (Å²) in [5.74, 6) is 0.158. The molecule has 0 aliphatic heterocycles. The summed E-state index contributed by atoms with van der Waals surface area (Å²) in [6.07, 6.45) is 4.39. The Bertz CT molecular complexity index is 322. The highest BCUT2D eigenvalue weighted by atomic mass is 16.1. The molecule has 78 valence electrons. The van der Waals surface area contributed by atoms with E-state index in [0.717, 1.165) is 5.56 Å². The molecule has 0 atom stereocenters. The van der Waals surface area contributed by atoms with Crippen LogP contribution in [0.3, 0.4) is 0 Å². The molecule has 1 aromatic heterocycles. The van der Waals surface area contributed by atoms with Crippen molar-refractivity contribution in [3.63, 3.8) is 0 Å². The maximum absolute atomic E-state index is 11.5. The molecule has 4 nitrogen and oxygen atoms in total. The Morgan fingerprint density at radius 3 is 2.71 bits per heavy atom. The number of Topliss-reactive ketones (excluding diaryl/α,β-unsaturated/α-hetero) is 1. The number of ketones is 1. The molecule has 0 bridgehead atoms. The fraction of sp³-hybridized carbons (Fsp3) is 0.600. The molecule has 14 heavy (non-hydrogen) atoms. The smallest absolute Gasteiger partial charge is 0.139 e. The summed E-state index contributed by atoms with van der Waals surface area (Å²) in [5, 5.41) is 4.00. The Labute approximate surface area is 84.1 Å². The van der Waals surface area contributed by atoms with Crippen molar-refractivity contribution < 1.29 is 4.79 Å². The van der Waals surface area contributed by atoms with E-state index in [1.165, 1.54) is 0 Å². The lowest BCUT2D eigenvalue weighted by atomic mass is 9.96. The van der Waals surface area contributed by atoms with Gasteiger partial charge < -0.3 is 5.73 Å². The van der Waals surface area contributed by atoms with E-state index in [1.54, 1.807) is 10.9 Å². The van der Waals surface area contributed by atoms with Crippen molar-refractivity contribution in [1.29, 1.82) is 0 Å². The average Bonchev–Trinajstić information content (AvgIpc) is 2.30. The first-order valence-corrected chi connectivity index (χ1v) is 4.65. The summed E-state index contributed by atoms with van der Waals surface area (Å²) >= 11 is 0. The van der Waals surface area contributed by atoms with Gasteiger partial charge in [0.1, 0.15) is 5.78 Å². The third-order valence-corrected chi connectivity index (χ3v) is 1.81. The van der Waals surface area contributed by atoms with E-state index in [4.69, 9.17) is 5.73 Å². The largest absolute Gasteiger partial charge is 0.325 e. The zero-order valence-corrected chi connectivity index (χ0v) is 8.95. The van der Waals surface area contributed by atoms with Crippen LogP contribution in [0.2, 0.25) is 0 Å². The van der Waals surface area contributed by atoms with Crippen molar-refractivity contribution in [3.8, 4) is 0 Å². The van der Waals surface area contributed by atoms with E-state index in [9.17, 15) is 4.79 Å². The highest BCUT2D eigenvalue weighted by Crippen LogP contribution is 2.08. The molecular weight excluding hydrogens is 178 g/mol. The first kappa shape index (κ1) is 10.9. The number of aryl methyl sites for hydroxylation is 1. The maximum atomic E-state index is 11.5. The van der Waals surface area contributed by atoms with Gasteiger partial charge in [-0.25, -0.2) is 0 Å². The van der Waals surface area contributed by atoms with Crippen molar-refractivity contribution in [3.05, 3.63) is 18.0 Å². The first-order chi connectivity index (χ1) is 6.37. The van der Waals surface area contributed by atoms with Crippen LogP contribution >= 0.6 is 0 Å². The summed E-state index contributed by atoms with van der Waals surface area (Å²) < 4.78 is 1.69. The molecular formula is C10H17N3O. The number of hydrogen-bond acceptors (Lipinski definition) is 3. The van der Waals surface area contributed by atoms with Gasteiger partial charge in [0.2, 0.25) is 0 Å². The number of rotatable bonds is 4. The van der Waals surface area contributed by atoms with E-state index in [-0.39, 0.29) is 5.78 Å². The summed E-state index contributed by atoms with van der Waals surface area (Å²) in [7, 11) is 1.83. The van der Waals surface area contributed by atoms with Crippen molar-refractivity contribution in [2.75, 3.05) is 0 Å². The Morgan fingerprint density at radius 1 is 1.64 bits per heavy atom. The zero-order valence-electron chi connectivity index (χ0n) is 8.95. The second-order valence-corrected chi connectivity index (χ2v) is 4.40. The molecule has 0 aromatic carbocycles. The van der Waals surface area contributed by atoms with Crippen LogP contribution in [-0.2, 0) is 18.3 Å². The molecule has 1 rings (SSSR count). The second-order valence-electron chi connectivity index (χ2n) is 4.40. The highest BCUT2D eigenvalue weighted by molar-refractivity contribution is 5.81. The predicted octanol–water partition coefficient (Wildman–Crippen LogP) is 0.659. The fourth-order valence-corrected chi connectivity index (χ4v) is 1.36. The van der Waals surface area contributed by atoms with Gasteiger partial charge in [0.05, 0.1) is 6.20 Å². The minimum Gasteiger partial charge on any atom is -0.325 e. The molecule has 4 heteroatoms. The van der Waals surface area contributed by atoms with E-state index >= 15 is 0 Å². The molecule has 1 heterocycles. The topological polar surface area (TPSA) is 60.9 Å². The number of nitrogens with two attached hydrogens (primary N) is 1. The van der Waals surface area contributed by atoms with E-state index < -0.39 is 5.54 Å². The van der Waals surface area contributed by atoms with Gasteiger partial charge in [-0.05, 0) is 19.4 Å². The lowest BCUT2D eigenvalue weighted by Gasteiger charge is -2.16. The highest BCUT2D eigenvalue weighted by Gasteiger charge is 2.16. The Balaban J connectivity index is 2.50. The molecule has 0 unspecified atom stereocenters. The lowest BCUT2D eigenvalue weighted by molar-refractivity contribution is -0.119. The molecule has 0 fully saturated rings. The van der Waals surface area contributed by atoms with Crippen LogP contribution in [0.1, 0.15) is 25.8 Å². The minimum atomic E-state index is -0.417. The van der Waals surface area contributed by atoms with Gasteiger partial charge in [-0.1, -0.05) is 0 Å². The van der Waals surface area contributed by atoms with Crippen molar-refractivity contribution in [1.82, 2.24) is 9.78 Å². The third kappa shape index (κ3) is 3.70. The van der Waals surface area contributed by atoms with Gasteiger partial charge in [0.25, 0.3) is 0 Å². The van der Waals surface area contributed by atoms with Crippen molar-refractivity contribution in [2.24, 2.45) is 12.8 Å². The van der Waals surface area contributed by atoms with Crippen LogP contribution in [0.25, 0.3) is 0 Å². The summed E-state index contributed by atoms with van der Waals surface area (Å²) in [6.45, 7) is 3.71. The average molecular weight is 195 g/mol. The van der Waals surface area contributed by atoms with Crippen molar-refractivity contribution >= 4 is 5.78 Å². The molecule has 0 aliphatic carbocycles. The Hall–Kier alpha value is -1.16. The van der Waals surface area contributed by atoms with E-state index in [0.29, 0.717) is 12.8 Å². The summed E-state index contributed by atoms with van der Waals surface area (Å²) in [5.41, 5.74) is 6.28. The standard InChI is InChI=1S/C10H17N3O/c1-10(2,11)5-9(14)4-8-6-12-13(3)7-8/h6-7H,4-5,11H2,1-3H3. The molecule has 0 radical (unpaired) electrons. The van der Waals surface area contributed by atoms with Gasteiger partial charge in [-0.2, -0.15) is 5.10 Å². The van der Waals surface area contributed by atoms with Gasteiger partial charge in [0.15, 0.2) is 0 Å². The molecule has 0 aliphatic rings. The van der Waals surface area contributed by atoms with E-state index in [1.807, 2.05) is 27.1 Å². The van der Waals surface area contributed by atoms with Gasteiger partial charge in [-0.3, -0.25) is 9.48 Å². The third-order valence-electron chi connectivity index (χ3n) is 1.81. The normalized spacial score (nSPS) is 11.7. The molecule has 1 aromatic rings. The predicted molar refractivity (Wildman–Crippen MR) is 54.8 cm³/mol. The number of hydrogen-bond donors (Lipinski definition) is 1. The summed E-state index contributed by atoms with van der Waals surface area (Å²) in [4.78, 5) is 11.5. The number of carbonyl (C=O) groups excluding carboxylic acids is 1. The fourth-order valence-electron chi connectivity index (χ4n) is 1.36. The first-order valence-electron chi connectivity index (χ1n) is 4.65. The number of nitrogens with zero attached hydrogens (tertiary/aromatic N) is 2. The molecule has 0 saturated heterocycles. The quantitative estimate of drug-likeness (QED) is 0.767. The molecule has 0 saturated carbocycles. The van der Waals surface area contributed by atoms with Crippen LogP contribution < -0.4 is 5.73 Å². The Kier molecular flexibility index (Phi) is 3.06. The molecule has 0 spiro atoms. The second kappa shape index (κ2) is 3.92. The van der Waals surface area contributed by atoms with Crippen LogP contribution in [0.5, 0.6) is 0 Å². The number of aromatic nitrogens is 2. The summed E-state index contributed by atoms with van der Waals surface area (Å²) in [6, 6.07) is 0. The number of carbonyl (C=O) groups is 1. The minimum absolute atomic E-state index is 0.158. The SMILES string of the molecule is Cn1cc(CC(=O)CC(C)(C)N)cn1. The molecule has 0 amide bonds.